The number of aryl methyl sites for hydroxylation is 1. The molecule has 0 saturated heterocycles. The van der Waals surface area contributed by atoms with Gasteiger partial charge in [-0.25, -0.2) is 4.98 Å². The first-order valence-corrected chi connectivity index (χ1v) is 7.07. The van der Waals surface area contributed by atoms with Gasteiger partial charge in [-0.15, -0.1) is 0 Å². The molecule has 5 heteroatoms. The van der Waals surface area contributed by atoms with E-state index in [-0.39, 0.29) is 0 Å². The topological polar surface area (TPSA) is 77.8 Å². The zero-order valence-corrected chi connectivity index (χ0v) is 12.2. The van der Waals surface area contributed by atoms with E-state index < -0.39 is 0 Å². The lowest BCUT2D eigenvalue weighted by Gasteiger charge is -2.03. The molecule has 0 radical (unpaired) electrons. The second-order valence-electron chi connectivity index (χ2n) is 5.40. The summed E-state index contributed by atoms with van der Waals surface area (Å²) in [7, 11) is 0. The Morgan fingerprint density at radius 3 is 2.86 bits per heavy atom. The Labute approximate surface area is 123 Å². The van der Waals surface area contributed by atoms with Crippen LogP contribution >= 0.6 is 0 Å². The Bertz CT molecular complexity index is 766. The van der Waals surface area contributed by atoms with Crippen LogP contribution in [0.2, 0.25) is 0 Å². The minimum atomic E-state index is 0.324. The van der Waals surface area contributed by atoms with Crippen LogP contribution in [0.25, 0.3) is 22.4 Å². The van der Waals surface area contributed by atoms with Crippen molar-refractivity contribution in [2.45, 2.75) is 20.3 Å². The van der Waals surface area contributed by atoms with Crippen molar-refractivity contribution in [3.63, 3.8) is 0 Å². The van der Waals surface area contributed by atoms with Crippen LogP contribution < -0.4 is 5.73 Å². The maximum Gasteiger partial charge on any atom is 0.227 e. The molecular formula is C16H18N4O. The van der Waals surface area contributed by atoms with Gasteiger partial charge < -0.3 is 10.3 Å². The molecule has 0 bridgehead atoms. The summed E-state index contributed by atoms with van der Waals surface area (Å²) in [4.78, 5) is 9.03. The molecule has 0 saturated carbocycles. The molecule has 2 aromatic heterocycles. The average Bonchev–Trinajstić information content (AvgIpc) is 2.95. The number of aromatic nitrogens is 3. The van der Waals surface area contributed by atoms with Gasteiger partial charge in [0.15, 0.2) is 0 Å². The number of hydrogen-bond donors (Lipinski definition) is 1. The van der Waals surface area contributed by atoms with Gasteiger partial charge in [-0.2, -0.15) is 4.98 Å². The minimum Gasteiger partial charge on any atom is -0.339 e. The number of nitrogens with zero attached hydrogens (tertiary/aromatic N) is 3. The third-order valence-electron chi connectivity index (χ3n) is 3.55. The molecule has 0 aliphatic heterocycles. The maximum atomic E-state index is 5.62. The number of nitrogens with two attached hydrogens (primary N) is 1. The smallest absolute Gasteiger partial charge is 0.227 e. The van der Waals surface area contributed by atoms with E-state index in [0.29, 0.717) is 30.6 Å². The molecule has 1 unspecified atom stereocenters. The van der Waals surface area contributed by atoms with Crippen LogP contribution in [0.1, 0.15) is 18.4 Å². The number of benzene rings is 1. The van der Waals surface area contributed by atoms with Crippen molar-refractivity contribution in [1.29, 1.82) is 0 Å². The Kier molecular flexibility index (Phi) is 3.66. The molecular weight excluding hydrogens is 264 g/mol. The van der Waals surface area contributed by atoms with Gasteiger partial charge >= 0.3 is 0 Å². The highest BCUT2D eigenvalue weighted by Crippen LogP contribution is 2.22. The summed E-state index contributed by atoms with van der Waals surface area (Å²) in [5, 5.41) is 5.17. The first-order valence-electron chi connectivity index (χ1n) is 7.07. The van der Waals surface area contributed by atoms with E-state index in [1.54, 1.807) is 0 Å². The fraction of sp³-hybridized carbons (Fsp3) is 0.312. The summed E-state index contributed by atoms with van der Waals surface area (Å²) >= 11 is 0. The average molecular weight is 282 g/mol. The highest BCUT2D eigenvalue weighted by molar-refractivity contribution is 5.84. The largest absolute Gasteiger partial charge is 0.339 e. The Hall–Kier alpha value is -2.27. The lowest BCUT2D eigenvalue weighted by Crippen LogP contribution is -2.13. The summed E-state index contributed by atoms with van der Waals surface area (Å²) in [5.74, 6) is 1.46. The van der Waals surface area contributed by atoms with E-state index in [1.807, 2.05) is 24.3 Å². The molecule has 1 aromatic carbocycles. The molecule has 2 heterocycles. The molecule has 3 rings (SSSR count). The van der Waals surface area contributed by atoms with Crippen molar-refractivity contribution < 1.29 is 4.52 Å². The molecule has 0 fully saturated rings. The molecule has 0 aliphatic carbocycles. The van der Waals surface area contributed by atoms with Crippen molar-refractivity contribution in [2.24, 2.45) is 11.7 Å². The summed E-state index contributed by atoms with van der Waals surface area (Å²) in [6.45, 7) is 4.72. The number of fused-ring (bicyclic) bond motifs is 1. The van der Waals surface area contributed by atoms with Crippen molar-refractivity contribution in [2.75, 3.05) is 6.54 Å². The van der Waals surface area contributed by atoms with Gasteiger partial charge in [0.25, 0.3) is 0 Å². The fourth-order valence-corrected chi connectivity index (χ4v) is 2.29. The fourth-order valence-electron chi connectivity index (χ4n) is 2.29. The Balaban J connectivity index is 1.97. The van der Waals surface area contributed by atoms with E-state index in [2.05, 4.69) is 35.0 Å². The zero-order valence-electron chi connectivity index (χ0n) is 12.2. The Morgan fingerprint density at radius 1 is 1.24 bits per heavy atom. The van der Waals surface area contributed by atoms with Gasteiger partial charge in [0.2, 0.25) is 11.7 Å². The standard InChI is InChI=1S/C16H18N4O/c1-10(9-17)7-15-19-16(20-21-15)14-8-11(2)12-5-3-4-6-13(12)18-14/h3-6,8,10H,7,9,17H2,1-2H3. The van der Waals surface area contributed by atoms with E-state index in [9.17, 15) is 0 Å². The molecule has 3 aromatic rings. The molecule has 0 amide bonds. The van der Waals surface area contributed by atoms with Crippen molar-refractivity contribution >= 4 is 10.9 Å². The van der Waals surface area contributed by atoms with Crippen LogP contribution in [0.3, 0.4) is 0 Å². The number of hydrogen-bond acceptors (Lipinski definition) is 5. The summed E-state index contributed by atoms with van der Waals surface area (Å²) in [6, 6.07) is 10.0. The molecule has 0 aliphatic rings. The molecule has 21 heavy (non-hydrogen) atoms. The zero-order chi connectivity index (χ0) is 14.8. The van der Waals surface area contributed by atoms with Crippen LogP contribution in [-0.2, 0) is 6.42 Å². The van der Waals surface area contributed by atoms with Gasteiger partial charge in [0.1, 0.15) is 5.69 Å². The number of para-hydroxylation sites is 1. The highest BCUT2D eigenvalue weighted by atomic mass is 16.5. The van der Waals surface area contributed by atoms with Gasteiger partial charge in [-0.3, -0.25) is 0 Å². The predicted molar refractivity (Wildman–Crippen MR) is 81.7 cm³/mol. The predicted octanol–water partition coefficient (Wildman–Crippen LogP) is 2.73. The van der Waals surface area contributed by atoms with Crippen molar-refractivity contribution in [3.05, 3.63) is 41.8 Å². The SMILES string of the molecule is Cc1cc(-c2noc(CC(C)CN)n2)nc2ccccc12. The van der Waals surface area contributed by atoms with Crippen LogP contribution in [-0.4, -0.2) is 21.7 Å². The Morgan fingerprint density at radius 2 is 2.05 bits per heavy atom. The van der Waals surface area contributed by atoms with Crippen molar-refractivity contribution in [1.82, 2.24) is 15.1 Å². The quantitative estimate of drug-likeness (QED) is 0.796. The van der Waals surface area contributed by atoms with Crippen molar-refractivity contribution in [3.8, 4) is 11.5 Å². The molecule has 1 atom stereocenters. The van der Waals surface area contributed by atoms with E-state index in [1.165, 1.54) is 0 Å². The lowest BCUT2D eigenvalue weighted by atomic mass is 10.1. The van der Waals surface area contributed by atoms with Crippen LogP contribution in [0.5, 0.6) is 0 Å². The molecule has 108 valence electrons. The van der Waals surface area contributed by atoms with Gasteiger partial charge in [-0.05, 0) is 37.1 Å². The summed E-state index contributed by atoms with van der Waals surface area (Å²) < 4.78 is 5.29. The summed E-state index contributed by atoms with van der Waals surface area (Å²) in [6.07, 6.45) is 0.691. The number of pyridine rings is 1. The van der Waals surface area contributed by atoms with Gasteiger partial charge in [-0.1, -0.05) is 30.3 Å². The van der Waals surface area contributed by atoms with Crippen LogP contribution in [0, 0.1) is 12.8 Å². The van der Waals surface area contributed by atoms with Crippen LogP contribution in [0.4, 0.5) is 0 Å². The van der Waals surface area contributed by atoms with E-state index in [0.717, 1.165) is 22.2 Å². The third kappa shape index (κ3) is 2.78. The molecule has 0 spiro atoms. The molecule has 2 N–H and O–H groups in total. The van der Waals surface area contributed by atoms with E-state index in [4.69, 9.17) is 10.3 Å². The maximum absolute atomic E-state index is 5.62. The highest BCUT2D eigenvalue weighted by Gasteiger charge is 2.13. The second-order valence-corrected chi connectivity index (χ2v) is 5.40. The second kappa shape index (κ2) is 5.61. The van der Waals surface area contributed by atoms with Crippen LogP contribution in [0.15, 0.2) is 34.9 Å². The third-order valence-corrected chi connectivity index (χ3v) is 3.55. The monoisotopic (exact) mass is 282 g/mol. The van der Waals surface area contributed by atoms with Gasteiger partial charge in [0, 0.05) is 11.8 Å². The van der Waals surface area contributed by atoms with Gasteiger partial charge in [0.05, 0.1) is 5.52 Å². The first-order chi connectivity index (χ1) is 10.2. The number of rotatable bonds is 4. The lowest BCUT2D eigenvalue weighted by molar-refractivity contribution is 0.359. The molecule has 5 nitrogen and oxygen atoms in total. The normalized spacial score (nSPS) is 12.7. The minimum absolute atomic E-state index is 0.324. The summed E-state index contributed by atoms with van der Waals surface area (Å²) in [5.41, 5.74) is 8.44. The first kappa shape index (κ1) is 13.7. The van der Waals surface area contributed by atoms with E-state index >= 15 is 0 Å².